The third-order valence-electron chi connectivity index (χ3n) is 3.23. The zero-order valence-corrected chi connectivity index (χ0v) is 16.5. The fourth-order valence-electron chi connectivity index (χ4n) is 1.86. The Morgan fingerprint density at radius 3 is 2.04 bits per heavy atom. The van der Waals surface area contributed by atoms with Crippen LogP contribution in [0.3, 0.4) is 0 Å². The van der Waals surface area contributed by atoms with E-state index in [1.165, 1.54) is 36.4 Å². The van der Waals surface area contributed by atoms with E-state index in [0.717, 1.165) is 0 Å². The highest BCUT2D eigenvalue weighted by Gasteiger charge is 2.24. The van der Waals surface area contributed by atoms with Crippen molar-refractivity contribution >= 4 is 52.5 Å². The number of nitrogens with two attached hydrogens (primary N) is 1. The highest BCUT2D eigenvalue weighted by Crippen LogP contribution is 2.18. The number of alkyl halides is 1. The Kier molecular flexibility index (Phi) is 7.89. The first-order chi connectivity index (χ1) is 13.3. The summed E-state index contributed by atoms with van der Waals surface area (Å²) >= 11 is 17.4. The van der Waals surface area contributed by atoms with Crippen molar-refractivity contribution in [3.63, 3.8) is 0 Å². The highest BCUT2D eigenvalue weighted by molar-refractivity contribution is 6.31. The van der Waals surface area contributed by atoms with Gasteiger partial charge in [0.15, 0.2) is 0 Å². The normalized spacial score (nSPS) is 11.3. The molecule has 8 nitrogen and oxygen atoms in total. The topological polar surface area (TPSA) is 114 Å². The quantitative estimate of drug-likeness (QED) is 0.482. The molecule has 0 saturated heterocycles. The number of nitrogens with one attached hydrogen (secondary N) is 2. The van der Waals surface area contributed by atoms with Crippen molar-refractivity contribution in [1.82, 2.24) is 16.0 Å². The maximum Gasteiger partial charge on any atom is 0.297 e. The van der Waals surface area contributed by atoms with Gasteiger partial charge in [-0.3, -0.25) is 14.4 Å². The highest BCUT2D eigenvalue weighted by atomic mass is 35.5. The molecule has 0 spiro atoms. The second-order valence-corrected chi connectivity index (χ2v) is 6.51. The lowest BCUT2D eigenvalue weighted by molar-refractivity contribution is -0.144. The van der Waals surface area contributed by atoms with E-state index in [9.17, 15) is 14.4 Å². The Hall–Kier alpha value is -2.52. The molecular formula is C17H15Cl3N4O4. The molecule has 148 valence electrons. The smallest absolute Gasteiger partial charge is 0.297 e. The molecule has 0 radical (unpaired) electrons. The molecule has 28 heavy (non-hydrogen) atoms. The summed E-state index contributed by atoms with van der Waals surface area (Å²) < 4.78 is 5.25. The molecule has 1 atom stereocenters. The summed E-state index contributed by atoms with van der Waals surface area (Å²) in [4.78, 5) is 36.4. The van der Waals surface area contributed by atoms with Gasteiger partial charge in [0, 0.05) is 15.6 Å². The van der Waals surface area contributed by atoms with E-state index in [2.05, 4.69) is 10.9 Å². The first kappa shape index (κ1) is 21.8. The number of hydrogen-bond donors (Lipinski definition) is 3. The maximum absolute atomic E-state index is 12.2. The van der Waals surface area contributed by atoms with Gasteiger partial charge in [-0.05, 0) is 48.5 Å². The number of benzene rings is 2. The molecule has 11 heteroatoms. The van der Waals surface area contributed by atoms with Crippen molar-refractivity contribution in [2.75, 3.05) is 6.54 Å². The molecule has 2 aromatic carbocycles. The lowest BCUT2D eigenvalue weighted by Crippen LogP contribution is -2.59. The zero-order valence-electron chi connectivity index (χ0n) is 14.2. The van der Waals surface area contributed by atoms with Gasteiger partial charge >= 0.3 is 0 Å². The number of carbonyl (C=O) groups excluding carboxylic acids is 3. The van der Waals surface area contributed by atoms with Crippen LogP contribution in [0, 0.1) is 0 Å². The Morgan fingerprint density at radius 2 is 1.50 bits per heavy atom. The predicted molar refractivity (Wildman–Crippen MR) is 105 cm³/mol. The van der Waals surface area contributed by atoms with Gasteiger partial charge in [0.1, 0.15) is 5.75 Å². The molecule has 1 unspecified atom stereocenters. The van der Waals surface area contributed by atoms with Gasteiger partial charge in [0.2, 0.25) is 0 Å². The number of rotatable bonds is 5. The van der Waals surface area contributed by atoms with E-state index >= 15 is 0 Å². The molecule has 2 rings (SSSR count). The minimum absolute atomic E-state index is 0.202. The molecular weight excluding hydrogens is 431 g/mol. The maximum atomic E-state index is 12.2. The van der Waals surface area contributed by atoms with Crippen LogP contribution < -0.4 is 21.3 Å². The minimum Gasteiger partial charge on any atom is -0.465 e. The van der Waals surface area contributed by atoms with Crippen molar-refractivity contribution in [3.8, 4) is 5.75 Å². The van der Waals surface area contributed by atoms with Crippen molar-refractivity contribution < 1.29 is 19.1 Å². The number of nitrogens with zero attached hydrogens (tertiary/aromatic N) is 1. The van der Waals surface area contributed by atoms with Crippen LogP contribution >= 0.6 is 34.8 Å². The molecule has 4 N–H and O–H groups in total. The summed E-state index contributed by atoms with van der Waals surface area (Å²) in [5.41, 5.74) is 8.37. The summed E-state index contributed by atoms with van der Waals surface area (Å²) in [6.07, 6.45) is 0. The molecule has 0 saturated carbocycles. The summed E-state index contributed by atoms with van der Waals surface area (Å²) in [6.45, 7) is -0.480. The lowest BCUT2D eigenvalue weighted by Gasteiger charge is -2.24. The molecule has 0 aromatic heterocycles. The fourth-order valence-corrected chi connectivity index (χ4v) is 2.26. The SMILES string of the molecule is NCC(=O)N(NC(=O)c1ccc(Cl)cc1)NC(=O)C(Cl)Oc1ccc(Cl)cc1. The Bertz CT molecular complexity index is 846. The average Bonchev–Trinajstić information content (AvgIpc) is 2.68. The van der Waals surface area contributed by atoms with Gasteiger partial charge in [-0.25, -0.2) is 10.9 Å². The predicted octanol–water partition coefficient (Wildman–Crippen LogP) is 2.10. The van der Waals surface area contributed by atoms with Crippen LogP contribution in [0.15, 0.2) is 48.5 Å². The molecule has 0 aliphatic rings. The van der Waals surface area contributed by atoms with Crippen LogP contribution in [-0.2, 0) is 9.59 Å². The first-order valence-electron chi connectivity index (χ1n) is 7.76. The van der Waals surface area contributed by atoms with Gasteiger partial charge in [-0.15, -0.1) is 0 Å². The number of ether oxygens (including phenoxy) is 1. The van der Waals surface area contributed by atoms with Crippen molar-refractivity contribution in [2.24, 2.45) is 5.73 Å². The zero-order chi connectivity index (χ0) is 20.7. The van der Waals surface area contributed by atoms with Crippen molar-refractivity contribution in [3.05, 3.63) is 64.1 Å². The average molecular weight is 446 g/mol. The number of carbonyl (C=O) groups is 3. The van der Waals surface area contributed by atoms with Crippen LogP contribution in [0.25, 0.3) is 0 Å². The number of halogens is 3. The fraction of sp³-hybridized carbons (Fsp3) is 0.118. The van der Waals surface area contributed by atoms with Crippen LogP contribution in [0.4, 0.5) is 0 Å². The van der Waals surface area contributed by atoms with Gasteiger partial charge in [0.05, 0.1) is 6.54 Å². The molecule has 0 heterocycles. The number of amides is 3. The summed E-state index contributed by atoms with van der Waals surface area (Å²) in [5, 5.41) is 1.46. The van der Waals surface area contributed by atoms with Gasteiger partial charge in [0.25, 0.3) is 23.3 Å². The van der Waals surface area contributed by atoms with E-state index in [1.807, 2.05) is 0 Å². The third-order valence-corrected chi connectivity index (χ3v) is 4.02. The summed E-state index contributed by atoms with van der Waals surface area (Å²) in [7, 11) is 0. The molecule has 0 fully saturated rings. The van der Waals surface area contributed by atoms with E-state index < -0.39 is 29.8 Å². The summed E-state index contributed by atoms with van der Waals surface area (Å²) in [5.74, 6) is -2.09. The molecule has 3 amide bonds. The molecule has 2 aromatic rings. The largest absolute Gasteiger partial charge is 0.465 e. The molecule has 0 aliphatic heterocycles. The van der Waals surface area contributed by atoms with E-state index in [4.69, 9.17) is 45.3 Å². The van der Waals surface area contributed by atoms with Crippen LogP contribution in [-0.4, -0.2) is 34.9 Å². The molecule has 0 bridgehead atoms. The van der Waals surface area contributed by atoms with E-state index in [1.54, 1.807) is 12.1 Å². The van der Waals surface area contributed by atoms with Crippen molar-refractivity contribution in [2.45, 2.75) is 5.56 Å². The lowest BCUT2D eigenvalue weighted by atomic mass is 10.2. The number of hydrazine groups is 2. The van der Waals surface area contributed by atoms with E-state index in [0.29, 0.717) is 15.2 Å². The Morgan fingerprint density at radius 1 is 0.964 bits per heavy atom. The summed E-state index contributed by atoms with van der Waals surface area (Å²) in [6, 6.07) is 12.0. The van der Waals surface area contributed by atoms with Crippen LogP contribution in [0.5, 0.6) is 5.75 Å². The van der Waals surface area contributed by atoms with Crippen LogP contribution in [0.2, 0.25) is 10.0 Å². The van der Waals surface area contributed by atoms with Crippen LogP contribution in [0.1, 0.15) is 10.4 Å². The standard InChI is InChI=1S/C17H15Cl3N4O4/c18-11-3-1-10(2-4-11)16(26)22-24(14(25)9-21)23-17(27)15(20)28-13-7-5-12(19)6-8-13/h1-8,15H,9,21H2,(H,22,26)(H,23,27). The van der Waals surface area contributed by atoms with Gasteiger partial charge in [-0.2, -0.15) is 5.12 Å². The molecule has 0 aliphatic carbocycles. The van der Waals surface area contributed by atoms with Crippen molar-refractivity contribution in [1.29, 1.82) is 0 Å². The minimum atomic E-state index is -1.50. The van der Waals surface area contributed by atoms with Gasteiger partial charge < -0.3 is 10.5 Å². The number of hydrogen-bond acceptors (Lipinski definition) is 5. The van der Waals surface area contributed by atoms with E-state index in [-0.39, 0.29) is 11.3 Å². The third kappa shape index (κ3) is 6.28. The monoisotopic (exact) mass is 444 g/mol. The van der Waals surface area contributed by atoms with Gasteiger partial charge in [-0.1, -0.05) is 34.8 Å². The first-order valence-corrected chi connectivity index (χ1v) is 8.95. The second kappa shape index (κ2) is 10.1. The Labute approximate surface area is 175 Å². The second-order valence-electron chi connectivity index (χ2n) is 5.24. The Balaban J connectivity index is 2.02.